The van der Waals surface area contributed by atoms with Crippen molar-refractivity contribution in [2.75, 3.05) is 13.1 Å². The first kappa shape index (κ1) is 22.9. The van der Waals surface area contributed by atoms with Crippen molar-refractivity contribution in [3.05, 3.63) is 88.6 Å². The number of β-lactam (4-membered cyclic amide) rings is 1. The van der Waals surface area contributed by atoms with Crippen molar-refractivity contribution in [1.82, 2.24) is 9.80 Å². The molecule has 7 nitrogen and oxygen atoms in total. The van der Waals surface area contributed by atoms with E-state index in [-0.39, 0.29) is 28.6 Å². The molecule has 2 aliphatic heterocycles. The quantitative estimate of drug-likeness (QED) is 0.485. The van der Waals surface area contributed by atoms with Crippen LogP contribution in [0, 0.1) is 17.1 Å². The Morgan fingerprint density at radius 3 is 2.51 bits per heavy atom. The summed E-state index contributed by atoms with van der Waals surface area (Å²) in [7, 11) is 0. The number of ether oxygens (including phenoxy) is 1. The van der Waals surface area contributed by atoms with E-state index < -0.39 is 18.0 Å². The van der Waals surface area contributed by atoms with E-state index in [2.05, 4.69) is 6.07 Å². The molecule has 0 N–H and O–H groups in total. The molecule has 2 saturated heterocycles. The Hall–Kier alpha value is -3.83. The fourth-order valence-corrected chi connectivity index (χ4v) is 4.92. The zero-order chi connectivity index (χ0) is 24.5. The second-order valence-corrected chi connectivity index (χ2v) is 8.95. The summed E-state index contributed by atoms with van der Waals surface area (Å²) >= 11 is 6.14. The lowest BCUT2D eigenvalue weighted by Gasteiger charge is -2.52. The molecular formula is C26H21ClFN3O4. The molecule has 35 heavy (non-hydrogen) atoms. The normalized spacial score (nSPS) is 20.3. The Morgan fingerprint density at radius 1 is 1.14 bits per heavy atom. The molecular weight excluding hydrogens is 473 g/mol. The van der Waals surface area contributed by atoms with E-state index in [0.29, 0.717) is 37.3 Å². The molecule has 0 bridgehead atoms. The molecule has 5 rings (SSSR count). The van der Waals surface area contributed by atoms with Gasteiger partial charge in [0.25, 0.3) is 11.8 Å². The Labute approximate surface area is 206 Å². The maximum Gasteiger partial charge on any atom is 0.289 e. The number of nitriles is 1. The standard InChI is InChI=1S/C26H21ClFN3O4/c27-20-14-18(28)7-8-21(20)35-24-23(17-5-3-16(15-29)4-6-17)31(26(24)33)19-9-11-30(12-10-19)25(32)22-2-1-13-34-22/h1-8,13-14,19,23-24H,9-12H2/t23-,24-/m1/s1. The van der Waals surface area contributed by atoms with Crippen LogP contribution < -0.4 is 4.74 Å². The number of halogens is 2. The van der Waals surface area contributed by atoms with Crippen molar-refractivity contribution in [2.45, 2.75) is 31.0 Å². The van der Waals surface area contributed by atoms with Crippen molar-refractivity contribution in [3.8, 4) is 11.8 Å². The van der Waals surface area contributed by atoms with E-state index in [1.54, 1.807) is 46.2 Å². The first-order valence-electron chi connectivity index (χ1n) is 11.2. The minimum atomic E-state index is -0.839. The fourth-order valence-electron chi connectivity index (χ4n) is 4.71. The molecule has 3 heterocycles. The Kier molecular flexibility index (Phi) is 6.18. The average molecular weight is 494 g/mol. The van der Waals surface area contributed by atoms with Gasteiger partial charge in [0.05, 0.1) is 22.9 Å². The van der Waals surface area contributed by atoms with E-state index in [9.17, 15) is 14.0 Å². The topological polar surface area (TPSA) is 86.8 Å². The minimum Gasteiger partial charge on any atom is -0.476 e. The Balaban J connectivity index is 1.35. The van der Waals surface area contributed by atoms with Gasteiger partial charge >= 0.3 is 0 Å². The second-order valence-electron chi connectivity index (χ2n) is 8.54. The highest BCUT2D eigenvalue weighted by Gasteiger charge is 2.53. The molecule has 3 aromatic rings. The highest BCUT2D eigenvalue weighted by Crippen LogP contribution is 2.42. The lowest BCUT2D eigenvalue weighted by Crippen LogP contribution is -2.65. The number of carbonyl (C=O) groups is 2. The number of nitrogens with zero attached hydrogens (tertiary/aromatic N) is 3. The minimum absolute atomic E-state index is 0.0829. The summed E-state index contributed by atoms with van der Waals surface area (Å²) in [4.78, 5) is 29.4. The third-order valence-electron chi connectivity index (χ3n) is 6.49. The van der Waals surface area contributed by atoms with Crippen molar-refractivity contribution in [1.29, 1.82) is 5.26 Å². The van der Waals surface area contributed by atoms with Crippen LogP contribution >= 0.6 is 11.6 Å². The molecule has 2 atom stereocenters. The molecule has 2 fully saturated rings. The fraction of sp³-hybridized carbons (Fsp3) is 0.269. The number of carbonyl (C=O) groups excluding carboxylic acids is 2. The van der Waals surface area contributed by atoms with Crippen LogP contribution in [0.25, 0.3) is 0 Å². The number of rotatable bonds is 5. The number of amides is 2. The monoisotopic (exact) mass is 493 g/mol. The van der Waals surface area contributed by atoms with Crippen molar-refractivity contribution in [3.63, 3.8) is 0 Å². The largest absolute Gasteiger partial charge is 0.476 e. The van der Waals surface area contributed by atoms with Crippen LogP contribution in [0.4, 0.5) is 4.39 Å². The summed E-state index contributed by atoms with van der Waals surface area (Å²) in [6.45, 7) is 0.979. The van der Waals surface area contributed by atoms with Crippen LogP contribution in [0.1, 0.15) is 40.6 Å². The molecule has 2 amide bonds. The van der Waals surface area contributed by atoms with Gasteiger partial charge in [-0.2, -0.15) is 5.26 Å². The number of likely N-dealkylation sites (tertiary alicyclic amines) is 2. The van der Waals surface area contributed by atoms with E-state index in [4.69, 9.17) is 26.0 Å². The molecule has 0 radical (unpaired) electrons. The third-order valence-corrected chi connectivity index (χ3v) is 6.79. The van der Waals surface area contributed by atoms with E-state index in [1.165, 1.54) is 18.4 Å². The highest BCUT2D eigenvalue weighted by atomic mass is 35.5. The maximum absolute atomic E-state index is 13.5. The van der Waals surface area contributed by atoms with Crippen LogP contribution in [0.3, 0.4) is 0 Å². The third kappa shape index (κ3) is 4.35. The SMILES string of the molecule is N#Cc1ccc([C@@H]2[C@@H](Oc3ccc(F)cc3Cl)C(=O)N2C2CCN(C(=O)c3ccco3)CC2)cc1. The number of furan rings is 1. The van der Waals surface area contributed by atoms with Crippen LogP contribution in [0.5, 0.6) is 5.75 Å². The van der Waals surface area contributed by atoms with E-state index in [0.717, 1.165) is 11.6 Å². The number of hydrogen-bond acceptors (Lipinski definition) is 5. The summed E-state index contributed by atoms with van der Waals surface area (Å²) in [6, 6.07) is 15.7. The van der Waals surface area contributed by atoms with Crippen molar-refractivity contribution >= 4 is 23.4 Å². The Bertz CT molecular complexity index is 1280. The first-order chi connectivity index (χ1) is 17.0. The van der Waals surface area contributed by atoms with E-state index in [1.807, 2.05) is 0 Å². The molecule has 2 aromatic carbocycles. The summed E-state index contributed by atoms with van der Waals surface area (Å²) in [5.41, 5.74) is 1.33. The van der Waals surface area contributed by atoms with Gasteiger partial charge in [-0.1, -0.05) is 23.7 Å². The molecule has 0 saturated carbocycles. The molecule has 0 aliphatic carbocycles. The van der Waals surface area contributed by atoms with Gasteiger partial charge in [-0.25, -0.2) is 4.39 Å². The first-order valence-corrected chi connectivity index (χ1v) is 11.6. The molecule has 0 unspecified atom stereocenters. The van der Waals surface area contributed by atoms with Gasteiger partial charge in [-0.05, 0) is 60.9 Å². The highest BCUT2D eigenvalue weighted by molar-refractivity contribution is 6.32. The smallest absolute Gasteiger partial charge is 0.289 e. The molecule has 1 aromatic heterocycles. The lowest BCUT2D eigenvalue weighted by atomic mass is 9.86. The summed E-state index contributed by atoms with van der Waals surface area (Å²) in [6.07, 6.45) is 1.84. The zero-order valence-electron chi connectivity index (χ0n) is 18.6. The van der Waals surface area contributed by atoms with Crippen LogP contribution in [0.15, 0.2) is 65.3 Å². The summed E-state index contributed by atoms with van der Waals surface area (Å²) < 4.78 is 24.7. The number of benzene rings is 2. The molecule has 2 aliphatic rings. The molecule has 9 heteroatoms. The molecule has 178 valence electrons. The van der Waals surface area contributed by atoms with Gasteiger partial charge in [0, 0.05) is 19.1 Å². The number of hydrogen-bond donors (Lipinski definition) is 0. The zero-order valence-corrected chi connectivity index (χ0v) is 19.3. The van der Waals surface area contributed by atoms with Crippen LogP contribution in [-0.4, -0.2) is 46.8 Å². The van der Waals surface area contributed by atoms with Crippen molar-refractivity contribution < 1.29 is 23.1 Å². The Morgan fingerprint density at radius 2 is 1.89 bits per heavy atom. The van der Waals surface area contributed by atoms with Gasteiger partial charge in [-0.3, -0.25) is 9.59 Å². The van der Waals surface area contributed by atoms with Gasteiger partial charge in [0.2, 0.25) is 6.10 Å². The molecule has 0 spiro atoms. The maximum atomic E-state index is 13.5. The lowest BCUT2D eigenvalue weighted by molar-refractivity contribution is -0.171. The van der Waals surface area contributed by atoms with Crippen LogP contribution in [0.2, 0.25) is 5.02 Å². The average Bonchev–Trinajstić information content (AvgIpc) is 3.42. The second kappa shape index (κ2) is 9.43. The number of piperidine rings is 1. The summed E-state index contributed by atoms with van der Waals surface area (Å²) in [5, 5.41) is 9.23. The summed E-state index contributed by atoms with van der Waals surface area (Å²) in [5.74, 6) is -0.342. The van der Waals surface area contributed by atoms with Crippen molar-refractivity contribution in [2.24, 2.45) is 0 Å². The predicted octanol–water partition coefficient (Wildman–Crippen LogP) is 4.58. The van der Waals surface area contributed by atoms with Crippen LogP contribution in [-0.2, 0) is 4.79 Å². The van der Waals surface area contributed by atoms with Gasteiger partial charge < -0.3 is 19.0 Å². The van der Waals surface area contributed by atoms with Gasteiger partial charge in [-0.15, -0.1) is 0 Å². The van der Waals surface area contributed by atoms with Gasteiger partial charge in [0.15, 0.2) is 5.76 Å². The van der Waals surface area contributed by atoms with Gasteiger partial charge in [0.1, 0.15) is 17.6 Å². The van der Waals surface area contributed by atoms with E-state index >= 15 is 0 Å². The predicted molar refractivity (Wildman–Crippen MR) is 124 cm³/mol.